The molecule has 2 aromatic rings. The summed E-state index contributed by atoms with van der Waals surface area (Å²) in [5, 5.41) is 0. The second kappa shape index (κ2) is 7.00. The second-order valence-electron chi connectivity index (χ2n) is 7.01. The van der Waals surface area contributed by atoms with E-state index in [1.54, 1.807) is 6.08 Å². The molecule has 0 aliphatic rings. The van der Waals surface area contributed by atoms with E-state index in [4.69, 9.17) is 0 Å². The van der Waals surface area contributed by atoms with Crippen molar-refractivity contribution >= 4 is 11.9 Å². The van der Waals surface area contributed by atoms with Gasteiger partial charge in [-0.15, -0.1) is 6.58 Å². The van der Waals surface area contributed by atoms with Crippen LogP contribution in [0.2, 0.25) is 0 Å². The topological polar surface area (TPSA) is 17.1 Å². The molecule has 0 fully saturated rings. The van der Waals surface area contributed by atoms with Crippen LogP contribution in [0, 0.1) is 20.8 Å². The van der Waals surface area contributed by atoms with Crippen LogP contribution >= 0.6 is 0 Å². The highest BCUT2D eigenvalue weighted by molar-refractivity contribution is 6.06. The van der Waals surface area contributed by atoms with Crippen molar-refractivity contribution in [1.82, 2.24) is 0 Å². The lowest BCUT2D eigenvalue weighted by Crippen LogP contribution is -2.15. The molecule has 0 heterocycles. The molecule has 0 N–H and O–H groups in total. The average Bonchev–Trinajstić information content (AvgIpc) is 2.54. The molecule has 0 aromatic heterocycles. The number of carbonyl (C=O) groups excluding carboxylic acids is 1. The smallest absolute Gasteiger partial charge is 0.185 e. The fourth-order valence-electron chi connectivity index (χ4n) is 2.83. The summed E-state index contributed by atoms with van der Waals surface area (Å²) >= 11 is 0. The Morgan fingerprint density at radius 2 is 1.62 bits per heavy atom. The Morgan fingerprint density at radius 1 is 1.00 bits per heavy atom. The van der Waals surface area contributed by atoms with Crippen LogP contribution in [0.1, 0.15) is 52.0 Å². The second-order valence-corrected chi connectivity index (χ2v) is 7.01. The maximum atomic E-state index is 12.3. The molecule has 0 atom stereocenters. The average molecular weight is 318 g/mol. The van der Waals surface area contributed by atoms with Crippen LogP contribution in [0.5, 0.6) is 0 Å². The van der Waals surface area contributed by atoms with Crippen molar-refractivity contribution in [1.29, 1.82) is 0 Å². The lowest BCUT2D eigenvalue weighted by Gasteiger charge is -2.24. The minimum atomic E-state index is -0.0959. The number of hydrogen-bond donors (Lipinski definition) is 0. The van der Waals surface area contributed by atoms with Crippen molar-refractivity contribution in [2.45, 2.75) is 40.0 Å². The molecule has 0 aliphatic carbocycles. The van der Waals surface area contributed by atoms with Crippen molar-refractivity contribution in [3.63, 3.8) is 0 Å². The fourth-order valence-corrected chi connectivity index (χ4v) is 2.83. The van der Waals surface area contributed by atoms with E-state index in [2.05, 4.69) is 46.4 Å². The number of ketones is 1. The van der Waals surface area contributed by atoms with Gasteiger partial charge in [-0.2, -0.15) is 0 Å². The van der Waals surface area contributed by atoms with Gasteiger partial charge in [0.05, 0.1) is 0 Å². The van der Waals surface area contributed by atoms with E-state index in [-0.39, 0.29) is 11.2 Å². The van der Waals surface area contributed by atoms with Crippen LogP contribution < -0.4 is 0 Å². The van der Waals surface area contributed by atoms with Crippen LogP contribution in [0.4, 0.5) is 0 Å². The Kier molecular flexibility index (Phi) is 5.23. The molecule has 0 radical (unpaired) electrons. The van der Waals surface area contributed by atoms with Gasteiger partial charge in [0.1, 0.15) is 0 Å². The van der Waals surface area contributed by atoms with Gasteiger partial charge in [0.25, 0.3) is 0 Å². The number of hydrogen-bond acceptors (Lipinski definition) is 1. The van der Waals surface area contributed by atoms with Gasteiger partial charge in [-0.3, -0.25) is 4.79 Å². The third-order valence-corrected chi connectivity index (χ3v) is 4.57. The Bertz CT molecular complexity index is 790. The van der Waals surface area contributed by atoms with Crippen LogP contribution in [0.25, 0.3) is 6.08 Å². The summed E-state index contributed by atoms with van der Waals surface area (Å²) in [6, 6.07) is 12.0. The Hall–Kier alpha value is -2.41. The third-order valence-electron chi connectivity index (χ3n) is 4.57. The van der Waals surface area contributed by atoms with Crippen molar-refractivity contribution in [3.05, 3.63) is 88.5 Å². The first-order chi connectivity index (χ1) is 11.2. The lowest BCUT2D eigenvalue weighted by molar-refractivity contribution is 0.104. The summed E-state index contributed by atoms with van der Waals surface area (Å²) in [6.07, 6.45) is 5.54. The fraction of sp³-hybridized carbons (Fsp3) is 0.261. The molecule has 0 bridgehead atoms. The van der Waals surface area contributed by atoms with E-state index in [0.717, 1.165) is 11.1 Å². The molecule has 0 saturated carbocycles. The Morgan fingerprint density at radius 3 is 2.21 bits per heavy atom. The van der Waals surface area contributed by atoms with Crippen molar-refractivity contribution < 1.29 is 4.79 Å². The van der Waals surface area contributed by atoms with E-state index in [1.165, 1.54) is 16.7 Å². The summed E-state index contributed by atoms with van der Waals surface area (Å²) < 4.78 is 0. The molecule has 0 saturated heterocycles. The summed E-state index contributed by atoms with van der Waals surface area (Å²) in [4.78, 5) is 12.3. The molecule has 2 aromatic carbocycles. The van der Waals surface area contributed by atoms with Crippen LogP contribution in [-0.4, -0.2) is 5.78 Å². The predicted molar refractivity (Wildman–Crippen MR) is 104 cm³/mol. The first-order valence-corrected chi connectivity index (χ1v) is 8.29. The van der Waals surface area contributed by atoms with Gasteiger partial charge in [-0.05, 0) is 49.1 Å². The highest BCUT2D eigenvalue weighted by Gasteiger charge is 2.19. The number of carbonyl (C=O) groups is 1. The van der Waals surface area contributed by atoms with Gasteiger partial charge >= 0.3 is 0 Å². The predicted octanol–water partition coefficient (Wildman–Crippen LogP) is 5.97. The summed E-state index contributed by atoms with van der Waals surface area (Å²) in [5.74, 6) is 0.0273. The van der Waals surface area contributed by atoms with E-state index in [9.17, 15) is 4.79 Å². The van der Waals surface area contributed by atoms with Crippen molar-refractivity contribution in [3.8, 4) is 0 Å². The van der Waals surface area contributed by atoms with Crippen molar-refractivity contribution in [2.75, 3.05) is 0 Å². The first-order valence-electron chi connectivity index (χ1n) is 8.29. The SMILES string of the molecule is C=CC(C)(C)c1cc(/C=C/C(=O)c2ccc(C)cc2)c(C)cc1C. The van der Waals surface area contributed by atoms with Crippen LogP contribution in [0.3, 0.4) is 0 Å². The zero-order valence-electron chi connectivity index (χ0n) is 15.3. The number of benzene rings is 2. The van der Waals surface area contributed by atoms with E-state index in [1.807, 2.05) is 43.3 Å². The standard InChI is InChI=1S/C23H26O/c1-7-23(5,6)21-15-20(17(3)14-18(21)4)12-13-22(24)19-10-8-16(2)9-11-19/h7-15H,1H2,2-6H3/b13-12+. The van der Waals surface area contributed by atoms with Gasteiger partial charge in [0, 0.05) is 11.0 Å². The lowest BCUT2D eigenvalue weighted by atomic mass is 9.80. The molecular formula is C23H26O. The van der Waals surface area contributed by atoms with Gasteiger partial charge < -0.3 is 0 Å². The summed E-state index contributed by atoms with van der Waals surface area (Å²) in [5.41, 5.74) is 6.51. The third kappa shape index (κ3) is 3.91. The van der Waals surface area contributed by atoms with Gasteiger partial charge in [0.15, 0.2) is 5.78 Å². The molecule has 2 rings (SSSR count). The highest BCUT2D eigenvalue weighted by atomic mass is 16.1. The quantitative estimate of drug-likeness (QED) is 0.377. The van der Waals surface area contributed by atoms with E-state index >= 15 is 0 Å². The van der Waals surface area contributed by atoms with Crippen LogP contribution in [0.15, 0.2) is 55.1 Å². The summed E-state index contributed by atoms with van der Waals surface area (Å²) in [6.45, 7) is 14.5. The molecule has 1 nitrogen and oxygen atoms in total. The molecule has 0 amide bonds. The van der Waals surface area contributed by atoms with Crippen LogP contribution in [-0.2, 0) is 5.41 Å². The molecule has 0 unspecified atom stereocenters. The Labute approximate surface area is 145 Å². The largest absolute Gasteiger partial charge is 0.289 e. The normalized spacial score (nSPS) is 11.7. The summed E-state index contributed by atoms with van der Waals surface area (Å²) in [7, 11) is 0. The van der Waals surface area contributed by atoms with Crippen molar-refractivity contribution in [2.24, 2.45) is 0 Å². The van der Waals surface area contributed by atoms with Gasteiger partial charge in [0.2, 0.25) is 0 Å². The van der Waals surface area contributed by atoms with Gasteiger partial charge in [-0.1, -0.05) is 68.0 Å². The molecule has 124 valence electrons. The minimum absolute atomic E-state index is 0.0273. The molecule has 0 aliphatic heterocycles. The first kappa shape index (κ1) is 17.9. The number of allylic oxidation sites excluding steroid dienone is 2. The zero-order valence-corrected chi connectivity index (χ0v) is 15.3. The minimum Gasteiger partial charge on any atom is -0.289 e. The Balaban J connectivity index is 2.35. The van der Waals surface area contributed by atoms with E-state index in [0.29, 0.717) is 5.56 Å². The van der Waals surface area contributed by atoms with E-state index < -0.39 is 0 Å². The maximum Gasteiger partial charge on any atom is 0.185 e. The monoisotopic (exact) mass is 318 g/mol. The maximum absolute atomic E-state index is 12.3. The molecule has 24 heavy (non-hydrogen) atoms. The zero-order chi connectivity index (χ0) is 17.9. The highest BCUT2D eigenvalue weighted by Crippen LogP contribution is 2.30. The molecule has 0 spiro atoms. The number of rotatable bonds is 5. The number of aryl methyl sites for hydroxylation is 3. The molecule has 1 heteroatoms. The van der Waals surface area contributed by atoms with Gasteiger partial charge in [-0.25, -0.2) is 0 Å². The molecular weight excluding hydrogens is 292 g/mol.